The summed E-state index contributed by atoms with van der Waals surface area (Å²) >= 11 is 2.03. The molecule has 0 saturated heterocycles. The van der Waals surface area contributed by atoms with Crippen molar-refractivity contribution in [3.63, 3.8) is 0 Å². The molecule has 3 unspecified atom stereocenters. The molecule has 0 radical (unpaired) electrons. The minimum atomic E-state index is 0.705. The molecule has 1 heterocycles. The Balaban J connectivity index is 1.66. The molecule has 108 valence electrons. The second-order valence-corrected chi connectivity index (χ2v) is 7.16. The van der Waals surface area contributed by atoms with Crippen LogP contribution in [0.15, 0.2) is 35.4 Å². The summed E-state index contributed by atoms with van der Waals surface area (Å²) in [4.78, 5) is 3.54. The first-order chi connectivity index (χ1) is 9.78. The van der Waals surface area contributed by atoms with Crippen LogP contribution in [0.1, 0.15) is 33.1 Å². The maximum Gasteiger partial charge on any atom is 0.0735 e. The van der Waals surface area contributed by atoms with Crippen LogP contribution >= 0.6 is 11.8 Å². The fraction of sp³-hybridized carbons (Fsp3) is 0.529. The van der Waals surface area contributed by atoms with Crippen LogP contribution in [0.25, 0.3) is 10.9 Å². The number of thioether (sulfide) groups is 1. The SMILES string of the molecule is CCCNC1CCC(Sc2cc3ccccc3[nH]2)C1C. The Bertz CT molecular complexity index is 530. The van der Waals surface area contributed by atoms with Gasteiger partial charge in [0.25, 0.3) is 0 Å². The van der Waals surface area contributed by atoms with Gasteiger partial charge >= 0.3 is 0 Å². The van der Waals surface area contributed by atoms with E-state index in [0.29, 0.717) is 6.04 Å². The molecule has 0 aliphatic heterocycles. The molecule has 2 aromatic rings. The molecule has 0 bridgehead atoms. The smallest absolute Gasteiger partial charge is 0.0735 e. The number of rotatable bonds is 5. The highest BCUT2D eigenvalue weighted by Crippen LogP contribution is 2.39. The lowest BCUT2D eigenvalue weighted by molar-refractivity contribution is 0.431. The Labute approximate surface area is 125 Å². The van der Waals surface area contributed by atoms with Crippen molar-refractivity contribution in [3.8, 4) is 0 Å². The van der Waals surface area contributed by atoms with Crippen molar-refractivity contribution in [2.75, 3.05) is 6.54 Å². The number of hydrogen-bond donors (Lipinski definition) is 2. The number of aromatic amines is 1. The highest BCUT2D eigenvalue weighted by molar-refractivity contribution is 7.99. The molecule has 1 saturated carbocycles. The third-order valence-corrected chi connectivity index (χ3v) is 5.87. The van der Waals surface area contributed by atoms with E-state index in [-0.39, 0.29) is 0 Å². The van der Waals surface area contributed by atoms with Crippen molar-refractivity contribution in [1.29, 1.82) is 0 Å². The van der Waals surface area contributed by atoms with Crippen LogP contribution in [0.3, 0.4) is 0 Å². The molecule has 1 fully saturated rings. The van der Waals surface area contributed by atoms with Gasteiger partial charge in [0.05, 0.1) is 5.03 Å². The standard InChI is InChI=1S/C17H24N2S/c1-3-10-18-14-8-9-16(12(14)2)20-17-11-13-6-4-5-7-15(13)19-17/h4-7,11-12,14,16,18-19H,3,8-10H2,1-2H3. The predicted molar refractivity (Wildman–Crippen MR) is 88.4 cm³/mol. The van der Waals surface area contributed by atoms with Crippen molar-refractivity contribution in [1.82, 2.24) is 10.3 Å². The zero-order valence-corrected chi connectivity index (χ0v) is 13.2. The van der Waals surface area contributed by atoms with E-state index < -0.39 is 0 Å². The van der Waals surface area contributed by atoms with E-state index in [1.807, 2.05) is 11.8 Å². The van der Waals surface area contributed by atoms with Gasteiger partial charge in [-0.1, -0.05) is 32.0 Å². The molecular formula is C17H24N2S. The van der Waals surface area contributed by atoms with E-state index in [1.54, 1.807) is 0 Å². The van der Waals surface area contributed by atoms with Crippen LogP contribution in [-0.4, -0.2) is 22.8 Å². The minimum absolute atomic E-state index is 0.705. The first-order valence-electron chi connectivity index (χ1n) is 7.75. The Morgan fingerprint density at radius 3 is 2.95 bits per heavy atom. The van der Waals surface area contributed by atoms with Crippen LogP contribution in [0.4, 0.5) is 0 Å². The van der Waals surface area contributed by atoms with Gasteiger partial charge in [-0.2, -0.15) is 0 Å². The summed E-state index contributed by atoms with van der Waals surface area (Å²) < 4.78 is 0. The molecule has 20 heavy (non-hydrogen) atoms. The van der Waals surface area contributed by atoms with Gasteiger partial charge in [0.2, 0.25) is 0 Å². The van der Waals surface area contributed by atoms with Crippen molar-refractivity contribution in [2.24, 2.45) is 5.92 Å². The van der Waals surface area contributed by atoms with Crippen molar-refractivity contribution >= 4 is 22.7 Å². The first kappa shape index (κ1) is 14.0. The van der Waals surface area contributed by atoms with E-state index >= 15 is 0 Å². The Morgan fingerprint density at radius 2 is 2.15 bits per heavy atom. The Hall–Kier alpha value is -0.930. The highest BCUT2D eigenvalue weighted by atomic mass is 32.2. The van der Waals surface area contributed by atoms with Gasteiger partial charge in [-0.3, -0.25) is 0 Å². The molecule has 0 amide bonds. The molecule has 3 rings (SSSR count). The molecule has 2 N–H and O–H groups in total. The summed E-state index contributed by atoms with van der Waals surface area (Å²) in [5.74, 6) is 0.748. The van der Waals surface area contributed by atoms with Gasteiger partial charge in [-0.15, -0.1) is 11.8 Å². The topological polar surface area (TPSA) is 27.8 Å². The van der Waals surface area contributed by atoms with Crippen LogP contribution in [0.5, 0.6) is 0 Å². The van der Waals surface area contributed by atoms with Gasteiger partial charge in [0, 0.05) is 22.2 Å². The average Bonchev–Trinajstić information content (AvgIpc) is 3.01. The summed E-state index contributed by atoms with van der Waals surface area (Å²) in [5.41, 5.74) is 1.25. The number of fused-ring (bicyclic) bond motifs is 1. The number of hydrogen-bond acceptors (Lipinski definition) is 2. The largest absolute Gasteiger partial charge is 0.350 e. The van der Waals surface area contributed by atoms with E-state index in [9.17, 15) is 0 Å². The number of aromatic nitrogens is 1. The molecular weight excluding hydrogens is 264 g/mol. The summed E-state index contributed by atoms with van der Waals surface area (Å²) in [6, 6.07) is 11.5. The molecule has 1 aromatic heterocycles. The quantitative estimate of drug-likeness (QED) is 0.852. The summed E-state index contributed by atoms with van der Waals surface area (Å²) in [6.45, 7) is 5.79. The normalized spacial score (nSPS) is 26.4. The summed E-state index contributed by atoms with van der Waals surface area (Å²) in [7, 11) is 0. The van der Waals surface area contributed by atoms with Gasteiger partial charge in [0.1, 0.15) is 0 Å². The molecule has 1 aliphatic rings. The first-order valence-corrected chi connectivity index (χ1v) is 8.63. The lowest BCUT2D eigenvalue weighted by Gasteiger charge is -2.21. The van der Waals surface area contributed by atoms with Crippen LogP contribution < -0.4 is 5.32 Å². The third kappa shape index (κ3) is 2.89. The fourth-order valence-corrected chi connectivity index (χ4v) is 4.53. The number of H-pyrrole nitrogens is 1. The van der Waals surface area contributed by atoms with Gasteiger partial charge in [-0.05, 0) is 43.9 Å². The highest BCUT2D eigenvalue weighted by Gasteiger charge is 2.33. The monoisotopic (exact) mass is 288 g/mol. The Kier molecular flexibility index (Phi) is 4.37. The summed E-state index contributed by atoms with van der Waals surface area (Å²) in [6.07, 6.45) is 3.87. The van der Waals surface area contributed by atoms with Gasteiger partial charge in [-0.25, -0.2) is 0 Å². The van der Waals surface area contributed by atoms with Crippen LogP contribution in [0.2, 0.25) is 0 Å². The molecule has 0 spiro atoms. The summed E-state index contributed by atoms with van der Waals surface area (Å²) in [5, 5.41) is 7.07. The average molecular weight is 288 g/mol. The van der Waals surface area contributed by atoms with E-state index in [0.717, 1.165) is 17.7 Å². The lowest BCUT2D eigenvalue weighted by atomic mass is 10.1. The van der Waals surface area contributed by atoms with Crippen molar-refractivity contribution < 1.29 is 0 Å². The van der Waals surface area contributed by atoms with Crippen LogP contribution in [-0.2, 0) is 0 Å². The molecule has 1 aromatic carbocycles. The number of para-hydroxylation sites is 1. The van der Waals surface area contributed by atoms with E-state index in [2.05, 4.69) is 54.5 Å². The zero-order chi connectivity index (χ0) is 13.9. The maximum absolute atomic E-state index is 3.70. The number of nitrogens with one attached hydrogen (secondary N) is 2. The Morgan fingerprint density at radius 1 is 1.30 bits per heavy atom. The second kappa shape index (κ2) is 6.23. The lowest BCUT2D eigenvalue weighted by Crippen LogP contribution is -2.33. The van der Waals surface area contributed by atoms with Crippen molar-refractivity contribution in [3.05, 3.63) is 30.3 Å². The van der Waals surface area contributed by atoms with Crippen LogP contribution in [0, 0.1) is 5.92 Å². The van der Waals surface area contributed by atoms with Gasteiger partial charge in [0.15, 0.2) is 0 Å². The zero-order valence-electron chi connectivity index (χ0n) is 12.4. The fourth-order valence-electron chi connectivity index (χ4n) is 3.19. The number of benzene rings is 1. The minimum Gasteiger partial charge on any atom is -0.350 e. The molecule has 3 atom stereocenters. The van der Waals surface area contributed by atoms with Gasteiger partial charge < -0.3 is 10.3 Å². The second-order valence-electron chi connectivity index (χ2n) is 5.87. The molecule has 3 heteroatoms. The van der Waals surface area contributed by atoms with Crippen molar-refractivity contribution in [2.45, 2.75) is 49.4 Å². The van der Waals surface area contributed by atoms with E-state index in [1.165, 1.54) is 35.2 Å². The maximum atomic E-state index is 3.70. The predicted octanol–water partition coefficient (Wildman–Crippen LogP) is 4.43. The third-order valence-electron chi connectivity index (χ3n) is 4.42. The van der Waals surface area contributed by atoms with E-state index in [4.69, 9.17) is 0 Å². The molecule has 1 aliphatic carbocycles. The molecule has 2 nitrogen and oxygen atoms in total.